The molecule has 4 aromatic rings. The van der Waals surface area contributed by atoms with E-state index in [1.165, 1.54) is 22.7 Å². The Bertz CT molecular complexity index is 1590. The molecule has 1 aliphatic rings. The van der Waals surface area contributed by atoms with Crippen molar-refractivity contribution in [2.24, 2.45) is 0 Å². The number of thiophene rings is 2. The summed E-state index contributed by atoms with van der Waals surface area (Å²) in [5.74, 6) is -0.943. The van der Waals surface area contributed by atoms with Crippen LogP contribution in [0.1, 0.15) is 70.7 Å². The van der Waals surface area contributed by atoms with Gasteiger partial charge in [0, 0.05) is 34.3 Å². The number of fused-ring (bicyclic) bond motifs is 2. The highest BCUT2D eigenvalue weighted by Gasteiger charge is 2.24. The van der Waals surface area contributed by atoms with E-state index in [4.69, 9.17) is 19.7 Å². The van der Waals surface area contributed by atoms with Gasteiger partial charge < -0.3 is 30.3 Å². The number of nitrogens with one attached hydrogen (secondary N) is 2. The summed E-state index contributed by atoms with van der Waals surface area (Å²) >= 11 is 2.73. The number of methoxy groups -OCH3 is 2. The van der Waals surface area contributed by atoms with E-state index in [0.717, 1.165) is 57.2 Å². The summed E-state index contributed by atoms with van der Waals surface area (Å²) in [6.07, 6.45) is 3.28. The molecule has 0 radical (unpaired) electrons. The first-order valence-corrected chi connectivity index (χ1v) is 16.0. The van der Waals surface area contributed by atoms with Crippen LogP contribution < -0.4 is 20.1 Å². The molecular formula is C32H34N2O8S2. The lowest BCUT2D eigenvalue weighted by atomic mass is 9.90. The molecule has 1 aliphatic carbocycles. The van der Waals surface area contributed by atoms with E-state index >= 15 is 0 Å². The number of ether oxygens (including phenoxy) is 2. The highest BCUT2D eigenvalue weighted by molar-refractivity contribution is 7.21. The van der Waals surface area contributed by atoms with Crippen LogP contribution in [-0.2, 0) is 9.59 Å². The van der Waals surface area contributed by atoms with E-state index in [2.05, 4.69) is 10.6 Å². The first kappa shape index (κ1) is 31.3. The van der Waals surface area contributed by atoms with Gasteiger partial charge in [-0.1, -0.05) is 0 Å². The van der Waals surface area contributed by atoms with Crippen molar-refractivity contribution in [3.05, 3.63) is 46.2 Å². The number of aliphatic carboxylic acids is 2. The van der Waals surface area contributed by atoms with Gasteiger partial charge in [-0.05, 0) is 72.9 Å². The molecule has 0 aliphatic heterocycles. The Kier molecular flexibility index (Phi) is 9.70. The minimum Gasteiger partial charge on any atom is -0.495 e. The van der Waals surface area contributed by atoms with Gasteiger partial charge in [0.1, 0.15) is 11.5 Å². The summed E-state index contributed by atoms with van der Waals surface area (Å²) in [7, 11) is 3.23. The Balaban J connectivity index is 1.22. The number of benzene rings is 2. The lowest BCUT2D eigenvalue weighted by molar-refractivity contribution is -0.137. The Labute approximate surface area is 262 Å². The molecule has 10 nitrogen and oxygen atoms in total. The molecule has 0 saturated heterocycles. The minimum atomic E-state index is -0.988. The second-order valence-electron chi connectivity index (χ2n) is 10.9. The zero-order valence-corrected chi connectivity index (χ0v) is 26.1. The highest BCUT2D eigenvalue weighted by atomic mass is 32.1. The van der Waals surface area contributed by atoms with E-state index in [9.17, 15) is 19.2 Å². The lowest BCUT2D eigenvalue weighted by Gasteiger charge is -2.31. The largest absolute Gasteiger partial charge is 0.495 e. The zero-order chi connectivity index (χ0) is 31.4. The van der Waals surface area contributed by atoms with Crippen LogP contribution in [0.15, 0.2) is 36.4 Å². The predicted molar refractivity (Wildman–Crippen MR) is 172 cm³/mol. The second-order valence-corrected chi connectivity index (χ2v) is 13.0. The van der Waals surface area contributed by atoms with Crippen LogP contribution in [0.5, 0.6) is 11.5 Å². The average molecular weight is 639 g/mol. The number of anilines is 2. The molecule has 232 valence electrons. The smallest absolute Gasteiger partial charge is 0.303 e. The van der Waals surface area contributed by atoms with Gasteiger partial charge in [0.15, 0.2) is 11.6 Å². The number of rotatable bonds is 14. The minimum absolute atomic E-state index is 0.0238. The van der Waals surface area contributed by atoms with Crippen molar-refractivity contribution in [2.75, 3.05) is 24.9 Å². The number of carboxylic acid groups (broad SMARTS) is 2. The third kappa shape index (κ3) is 7.31. The monoisotopic (exact) mass is 638 g/mol. The first-order valence-electron chi connectivity index (χ1n) is 14.4. The number of ketones is 2. The summed E-state index contributed by atoms with van der Waals surface area (Å²) in [6, 6.07) is 11.9. The maximum atomic E-state index is 12.5. The average Bonchev–Trinajstić information content (AvgIpc) is 3.62. The van der Waals surface area contributed by atoms with Crippen LogP contribution in [0.25, 0.3) is 20.2 Å². The molecule has 2 heterocycles. The maximum Gasteiger partial charge on any atom is 0.303 e. The Morgan fingerprint density at radius 2 is 1.05 bits per heavy atom. The molecule has 0 atom stereocenters. The molecule has 2 aromatic carbocycles. The number of hydrogen-bond donors (Lipinski definition) is 4. The van der Waals surface area contributed by atoms with Gasteiger partial charge in [0.25, 0.3) is 0 Å². The van der Waals surface area contributed by atoms with Crippen LogP contribution in [0.3, 0.4) is 0 Å². The standard InChI is InChI=1S/C32H34N2O8S2/c1-41-25-11-17-13-29(23(35)7-9-31(37)38)43-27(17)15-21(25)33-19-3-5-20(6-4-19)34-22-16-28-18(12-26(22)42-2)14-30(44-28)24(36)8-10-32(39)40/h11-16,19-20,33-34H,3-10H2,1-2H3,(H,37,38)(H,39,40). The van der Waals surface area contributed by atoms with E-state index in [1.807, 2.05) is 24.3 Å². The van der Waals surface area contributed by atoms with Crippen molar-refractivity contribution in [1.29, 1.82) is 0 Å². The van der Waals surface area contributed by atoms with Crippen molar-refractivity contribution in [2.45, 2.75) is 63.5 Å². The number of hydrogen-bond acceptors (Lipinski definition) is 10. The van der Waals surface area contributed by atoms with E-state index in [-0.39, 0.29) is 49.3 Å². The molecule has 5 rings (SSSR count). The molecule has 12 heteroatoms. The van der Waals surface area contributed by atoms with Crippen molar-refractivity contribution in [3.63, 3.8) is 0 Å². The van der Waals surface area contributed by atoms with Gasteiger partial charge in [-0.2, -0.15) is 0 Å². The summed E-state index contributed by atoms with van der Waals surface area (Å²) in [5, 5.41) is 26.8. The molecule has 1 fully saturated rings. The van der Waals surface area contributed by atoms with E-state index in [1.54, 1.807) is 26.4 Å². The van der Waals surface area contributed by atoms with Gasteiger partial charge in [-0.3, -0.25) is 19.2 Å². The number of carbonyl (C=O) groups excluding carboxylic acids is 2. The van der Waals surface area contributed by atoms with Crippen LogP contribution >= 0.6 is 22.7 Å². The van der Waals surface area contributed by atoms with Crippen molar-refractivity contribution in [3.8, 4) is 11.5 Å². The van der Waals surface area contributed by atoms with E-state index in [0.29, 0.717) is 21.3 Å². The molecule has 0 unspecified atom stereocenters. The SMILES string of the molecule is COc1cc2cc(C(=O)CCC(=O)O)sc2cc1NC1CCC(Nc2cc3sc(C(=O)CCC(=O)O)cc3cc2OC)CC1. The van der Waals surface area contributed by atoms with Crippen LogP contribution in [0, 0.1) is 0 Å². The van der Waals surface area contributed by atoms with Crippen molar-refractivity contribution >= 4 is 77.7 Å². The third-order valence-electron chi connectivity index (χ3n) is 7.80. The van der Waals surface area contributed by atoms with Crippen molar-refractivity contribution in [1.82, 2.24) is 0 Å². The summed E-state index contributed by atoms with van der Waals surface area (Å²) in [4.78, 5) is 47.8. The van der Waals surface area contributed by atoms with Gasteiger partial charge in [0.2, 0.25) is 0 Å². The zero-order valence-electron chi connectivity index (χ0n) is 24.4. The van der Waals surface area contributed by atoms with Gasteiger partial charge in [0.05, 0.1) is 48.2 Å². The second kappa shape index (κ2) is 13.6. The Morgan fingerprint density at radius 3 is 1.39 bits per heavy atom. The normalized spacial score (nSPS) is 16.5. The topological polar surface area (TPSA) is 151 Å². The van der Waals surface area contributed by atoms with Gasteiger partial charge in [-0.25, -0.2) is 0 Å². The highest BCUT2D eigenvalue weighted by Crippen LogP contribution is 2.39. The van der Waals surface area contributed by atoms with Gasteiger partial charge in [-0.15, -0.1) is 22.7 Å². The summed E-state index contributed by atoms with van der Waals surface area (Å²) in [5.41, 5.74) is 1.72. The molecule has 0 spiro atoms. The molecule has 2 aromatic heterocycles. The number of carboxylic acids is 2. The van der Waals surface area contributed by atoms with Crippen LogP contribution in [0.4, 0.5) is 11.4 Å². The molecule has 1 saturated carbocycles. The fourth-order valence-corrected chi connectivity index (χ4v) is 7.58. The third-order valence-corrected chi connectivity index (χ3v) is 10.1. The Hall–Kier alpha value is -4.16. The molecule has 44 heavy (non-hydrogen) atoms. The van der Waals surface area contributed by atoms with Crippen LogP contribution in [-0.4, -0.2) is 60.0 Å². The predicted octanol–water partition coefficient (Wildman–Crippen LogP) is 7.06. The molecule has 0 amide bonds. The fourth-order valence-electron chi connectivity index (χ4n) is 5.48. The van der Waals surface area contributed by atoms with Crippen molar-refractivity contribution < 1.29 is 38.9 Å². The number of carbonyl (C=O) groups is 4. The summed E-state index contributed by atoms with van der Waals surface area (Å²) < 4.78 is 13.2. The summed E-state index contributed by atoms with van der Waals surface area (Å²) in [6.45, 7) is 0. The Morgan fingerprint density at radius 1 is 0.659 bits per heavy atom. The van der Waals surface area contributed by atoms with Gasteiger partial charge >= 0.3 is 11.9 Å². The lowest BCUT2D eigenvalue weighted by Crippen LogP contribution is -2.32. The quantitative estimate of drug-likeness (QED) is 0.106. The number of Topliss-reactive ketones (excluding diaryl/α,β-unsaturated/α-hetero) is 2. The molecular weight excluding hydrogens is 604 g/mol. The molecule has 0 bridgehead atoms. The maximum absolute atomic E-state index is 12.5. The fraction of sp³-hybridized carbons (Fsp3) is 0.375. The molecule has 4 N–H and O–H groups in total. The first-order chi connectivity index (χ1) is 21.1. The van der Waals surface area contributed by atoms with E-state index < -0.39 is 11.9 Å². The van der Waals surface area contributed by atoms with Crippen LogP contribution in [0.2, 0.25) is 0 Å².